The molecule has 0 bridgehead atoms. The second-order valence-electron chi connectivity index (χ2n) is 7.87. The van der Waals surface area contributed by atoms with Crippen LogP contribution in [0.3, 0.4) is 0 Å². The van der Waals surface area contributed by atoms with Crippen LogP contribution in [0.25, 0.3) is 0 Å². The van der Waals surface area contributed by atoms with E-state index in [4.69, 9.17) is 4.74 Å². The van der Waals surface area contributed by atoms with Crippen molar-refractivity contribution < 1.29 is 19.1 Å². The Bertz CT molecular complexity index is 716. The summed E-state index contributed by atoms with van der Waals surface area (Å²) in [6, 6.07) is -0.555. The van der Waals surface area contributed by atoms with Crippen molar-refractivity contribution in [1.29, 1.82) is 0 Å². The maximum atomic E-state index is 13.2. The quantitative estimate of drug-likeness (QED) is 0.527. The normalized spacial score (nSPS) is 14.9. The molecule has 1 aromatic rings. The highest BCUT2D eigenvalue weighted by Crippen LogP contribution is 2.32. The molecule has 0 aliphatic heterocycles. The molecule has 6 heteroatoms. The van der Waals surface area contributed by atoms with E-state index in [9.17, 15) is 14.4 Å². The number of nitrogens with one attached hydrogen (secondary N) is 1. The highest BCUT2D eigenvalue weighted by Gasteiger charge is 2.38. The topological polar surface area (TPSA) is 79.5 Å². The van der Waals surface area contributed by atoms with Crippen molar-refractivity contribution in [3.8, 4) is 0 Å². The van der Waals surface area contributed by atoms with Crippen LogP contribution in [0.1, 0.15) is 79.1 Å². The third-order valence-electron chi connectivity index (χ3n) is 5.17. The molecule has 1 aliphatic carbocycles. The van der Waals surface area contributed by atoms with E-state index in [0.29, 0.717) is 35.0 Å². The first-order valence-corrected chi connectivity index (χ1v) is 9.89. The monoisotopic (exact) mass is 376 g/mol. The first kappa shape index (κ1) is 21.2. The lowest BCUT2D eigenvalue weighted by atomic mass is 9.99. The van der Waals surface area contributed by atoms with Crippen LogP contribution in [0, 0.1) is 25.7 Å². The summed E-state index contributed by atoms with van der Waals surface area (Å²) in [6.07, 6.45) is 2.68. The summed E-state index contributed by atoms with van der Waals surface area (Å²) < 4.78 is 5.06. The zero-order chi connectivity index (χ0) is 20.3. The third kappa shape index (κ3) is 4.79. The number of Topliss-reactive ketones (excluding diaryl/α,β-unsaturated/α-hetero) is 1. The average molecular weight is 376 g/mol. The van der Waals surface area contributed by atoms with E-state index in [1.165, 1.54) is 0 Å². The average Bonchev–Trinajstić information content (AvgIpc) is 3.40. The molecule has 0 aromatic carbocycles. The summed E-state index contributed by atoms with van der Waals surface area (Å²) >= 11 is 0. The molecule has 6 nitrogen and oxygen atoms in total. The van der Waals surface area contributed by atoms with Gasteiger partial charge >= 0.3 is 5.97 Å². The van der Waals surface area contributed by atoms with Crippen molar-refractivity contribution >= 4 is 17.7 Å². The molecule has 1 heterocycles. The number of ether oxygens (including phenoxy) is 1. The molecule has 2 rings (SSSR count). The lowest BCUT2D eigenvalue weighted by Crippen LogP contribution is -2.45. The molecule has 1 aromatic heterocycles. The molecule has 27 heavy (non-hydrogen) atoms. The van der Waals surface area contributed by atoms with Gasteiger partial charge in [-0.15, -0.1) is 0 Å². The third-order valence-corrected chi connectivity index (χ3v) is 5.17. The zero-order valence-corrected chi connectivity index (χ0v) is 17.3. The molecule has 1 N–H and O–H groups in total. The number of aryl methyl sites for hydroxylation is 1. The van der Waals surface area contributed by atoms with Crippen LogP contribution in [0.5, 0.6) is 0 Å². The molecule has 1 aliphatic rings. The van der Waals surface area contributed by atoms with Gasteiger partial charge in [-0.05, 0) is 58.4 Å². The Morgan fingerprint density at radius 3 is 2.33 bits per heavy atom. The van der Waals surface area contributed by atoms with E-state index < -0.39 is 12.0 Å². The molecular formula is C21H32N2O4. The Hall–Kier alpha value is -2.11. The van der Waals surface area contributed by atoms with Gasteiger partial charge in [0.05, 0.1) is 12.6 Å². The number of ketones is 1. The standard InChI is InChI=1S/C21H32N2O4/c1-7-27-21(26)18-13(4)17(14(5)22-18)19(24)15(6)23(11-10-12(2)3)20(25)16-8-9-16/h12,15-16,22H,7-11H2,1-6H3/t15-/m0/s1. The van der Waals surface area contributed by atoms with Gasteiger partial charge in [-0.2, -0.15) is 0 Å². The summed E-state index contributed by atoms with van der Waals surface area (Å²) in [6.45, 7) is 12.1. The number of aromatic amines is 1. The minimum atomic E-state index is -0.555. The van der Waals surface area contributed by atoms with Gasteiger partial charge in [-0.3, -0.25) is 9.59 Å². The molecule has 1 saturated carbocycles. The highest BCUT2D eigenvalue weighted by atomic mass is 16.5. The fourth-order valence-electron chi connectivity index (χ4n) is 3.33. The molecular weight excluding hydrogens is 344 g/mol. The fourth-order valence-corrected chi connectivity index (χ4v) is 3.33. The van der Waals surface area contributed by atoms with Crippen molar-refractivity contribution in [2.24, 2.45) is 11.8 Å². The van der Waals surface area contributed by atoms with Crippen LogP contribution in [-0.2, 0) is 9.53 Å². The molecule has 1 amide bonds. The molecule has 0 radical (unpaired) electrons. The van der Waals surface area contributed by atoms with Gasteiger partial charge < -0.3 is 14.6 Å². The Kier molecular flexibility index (Phi) is 6.84. The Morgan fingerprint density at radius 2 is 1.81 bits per heavy atom. The van der Waals surface area contributed by atoms with Gasteiger partial charge in [0.15, 0.2) is 5.78 Å². The SMILES string of the molecule is CCOC(=O)c1[nH]c(C)c(C(=O)[C@H](C)N(CCC(C)C)C(=O)C2CC2)c1C. The lowest BCUT2D eigenvalue weighted by Gasteiger charge is -2.29. The van der Waals surface area contributed by atoms with Crippen LogP contribution in [0.15, 0.2) is 0 Å². The van der Waals surface area contributed by atoms with E-state index in [1.807, 2.05) is 0 Å². The molecule has 0 saturated heterocycles. The Balaban J connectivity index is 2.27. The predicted octanol–water partition coefficient (Wildman–Crippen LogP) is 3.66. The van der Waals surface area contributed by atoms with Gasteiger partial charge in [0.25, 0.3) is 0 Å². The largest absolute Gasteiger partial charge is 0.461 e. The van der Waals surface area contributed by atoms with Crippen molar-refractivity contribution in [2.75, 3.05) is 13.2 Å². The minimum Gasteiger partial charge on any atom is -0.461 e. The van der Waals surface area contributed by atoms with Gasteiger partial charge in [-0.25, -0.2) is 4.79 Å². The van der Waals surface area contributed by atoms with E-state index in [0.717, 1.165) is 19.3 Å². The van der Waals surface area contributed by atoms with Crippen LogP contribution in [0.4, 0.5) is 0 Å². The first-order chi connectivity index (χ1) is 12.7. The zero-order valence-electron chi connectivity index (χ0n) is 17.3. The number of amides is 1. The molecule has 0 unspecified atom stereocenters. The van der Waals surface area contributed by atoms with E-state index in [1.54, 1.807) is 32.6 Å². The summed E-state index contributed by atoms with van der Waals surface area (Å²) in [5.74, 6) is 0.00177. The highest BCUT2D eigenvalue weighted by molar-refractivity contribution is 6.06. The van der Waals surface area contributed by atoms with Crippen LogP contribution in [-0.4, -0.2) is 46.7 Å². The minimum absolute atomic E-state index is 0.0657. The second-order valence-corrected chi connectivity index (χ2v) is 7.87. The summed E-state index contributed by atoms with van der Waals surface area (Å²) in [5, 5.41) is 0. The number of carbonyl (C=O) groups excluding carboxylic acids is 3. The number of carbonyl (C=O) groups is 3. The van der Waals surface area contributed by atoms with Gasteiger partial charge in [0, 0.05) is 23.7 Å². The number of hydrogen-bond donors (Lipinski definition) is 1. The van der Waals surface area contributed by atoms with Crippen molar-refractivity contribution in [1.82, 2.24) is 9.88 Å². The second kappa shape index (κ2) is 8.72. The fraction of sp³-hybridized carbons (Fsp3) is 0.667. The molecule has 0 spiro atoms. The number of rotatable bonds is 9. The van der Waals surface area contributed by atoms with Crippen LogP contribution < -0.4 is 0 Å². The van der Waals surface area contributed by atoms with Gasteiger partial charge in [-0.1, -0.05) is 13.8 Å². The Morgan fingerprint density at radius 1 is 1.19 bits per heavy atom. The summed E-state index contributed by atoms with van der Waals surface area (Å²) in [4.78, 5) is 42.8. The van der Waals surface area contributed by atoms with E-state index in [-0.39, 0.29) is 24.2 Å². The number of H-pyrrole nitrogens is 1. The van der Waals surface area contributed by atoms with Gasteiger partial charge in [0.2, 0.25) is 5.91 Å². The molecule has 150 valence electrons. The molecule has 1 fully saturated rings. The smallest absolute Gasteiger partial charge is 0.355 e. The predicted molar refractivity (Wildman–Crippen MR) is 104 cm³/mol. The maximum absolute atomic E-state index is 13.2. The number of esters is 1. The van der Waals surface area contributed by atoms with Crippen molar-refractivity contribution in [2.45, 2.75) is 66.8 Å². The lowest BCUT2D eigenvalue weighted by molar-refractivity contribution is -0.134. The number of hydrogen-bond acceptors (Lipinski definition) is 4. The van der Waals surface area contributed by atoms with Crippen LogP contribution in [0.2, 0.25) is 0 Å². The van der Waals surface area contributed by atoms with Gasteiger partial charge in [0.1, 0.15) is 5.69 Å². The number of nitrogens with zero attached hydrogens (tertiary/aromatic N) is 1. The summed E-state index contributed by atoms with van der Waals surface area (Å²) in [7, 11) is 0. The summed E-state index contributed by atoms with van der Waals surface area (Å²) in [5.41, 5.74) is 2.02. The van der Waals surface area contributed by atoms with E-state index in [2.05, 4.69) is 18.8 Å². The maximum Gasteiger partial charge on any atom is 0.355 e. The van der Waals surface area contributed by atoms with Crippen molar-refractivity contribution in [3.63, 3.8) is 0 Å². The Labute approximate surface area is 161 Å². The van der Waals surface area contributed by atoms with Crippen LogP contribution >= 0.6 is 0 Å². The van der Waals surface area contributed by atoms with Crippen molar-refractivity contribution in [3.05, 3.63) is 22.5 Å². The van der Waals surface area contributed by atoms with E-state index >= 15 is 0 Å². The number of aromatic nitrogens is 1. The molecule has 1 atom stereocenters. The first-order valence-electron chi connectivity index (χ1n) is 9.89.